The Morgan fingerprint density at radius 3 is 2.64 bits per heavy atom. The van der Waals surface area contributed by atoms with Gasteiger partial charge in [-0.3, -0.25) is 14.5 Å². The average molecular weight is 321 g/mol. The van der Waals surface area contributed by atoms with E-state index >= 15 is 0 Å². The highest BCUT2D eigenvalue weighted by atomic mass is 32.2. The Morgan fingerprint density at radius 2 is 2.00 bits per heavy atom. The van der Waals surface area contributed by atoms with Gasteiger partial charge in [-0.05, 0) is 37.3 Å². The van der Waals surface area contributed by atoms with Crippen LogP contribution < -0.4 is 0 Å². The van der Waals surface area contributed by atoms with Crippen molar-refractivity contribution in [3.63, 3.8) is 0 Å². The van der Waals surface area contributed by atoms with Gasteiger partial charge in [0.05, 0.1) is 0 Å². The second kappa shape index (κ2) is 8.34. The molecule has 1 fully saturated rings. The van der Waals surface area contributed by atoms with Gasteiger partial charge in [-0.1, -0.05) is 25.5 Å². The first-order chi connectivity index (χ1) is 10.6. The van der Waals surface area contributed by atoms with Gasteiger partial charge >= 0.3 is 5.97 Å². The highest BCUT2D eigenvalue weighted by Crippen LogP contribution is 2.20. The lowest BCUT2D eigenvalue weighted by Crippen LogP contribution is -2.45. The van der Waals surface area contributed by atoms with E-state index in [-0.39, 0.29) is 5.78 Å². The Kier molecular flexibility index (Phi) is 6.46. The number of carboxylic acids is 1. The summed E-state index contributed by atoms with van der Waals surface area (Å²) in [4.78, 5) is 26.6. The van der Waals surface area contributed by atoms with Crippen molar-refractivity contribution in [2.24, 2.45) is 0 Å². The number of nitrogens with zero attached hydrogens (tertiary/aromatic N) is 1. The number of rotatable bonds is 7. The van der Waals surface area contributed by atoms with Crippen LogP contribution in [0.4, 0.5) is 0 Å². The lowest BCUT2D eigenvalue weighted by Gasteiger charge is -2.32. The maximum absolute atomic E-state index is 12.3. The molecule has 0 saturated carbocycles. The van der Waals surface area contributed by atoms with E-state index in [1.807, 2.05) is 29.2 Å². The molecule has 0 bridgehead atoms. The van der Waals surface area contributed by atoms with Gasteiger partial charge in [0.2, 0.25) is 0 Å². The Hall–Kier alpha value is -1.33. The van der Waals surface area contributed by atoms with Crippen LogP contribution in [0.2, 0.25) is 0 Å². The largest absolute Gasteiger partial charge is 0.480 e. The van der Waals surface area contributed by atoms with Crippen LogP contribution in [0.1, 0.15) is 43.0 Å². The van der Waals surface area contributed by atoms with E-state index in [0.717, 1.165) is 25.1 Å². The van der Waals surface area contributed by atoms with Crippen molar-refractivity contribution >= 4 is 23.5 Å². The fraction of sp³-hybridized carbons (Fsp3) is 0.529. The van der Waals surface area contributed by atoms with Crippen molar-refractivity contribution in [3.05, 3.63) is 29.8 Å². The normalized spacial score (nSPS) is 19.0. The van der Waals surface area contributed by atoms with E-state index in [2.05, 4.69) is 6.92 Å². The van der Waals surface area contributed by atoms with Crippen LogP contribution in [0.5, 0.6) is 0 Å². The molecule has 1 saturated heterocycles. The van der Waals surface area contributed by atoms with E-state index in [0.29, 0.717) is 24.9 Å². The maximum Gasteiger partial charge on any atom is 0.320 e. The highest BCUT2D eigenvalue weighted by molar-refractivity contribution is 7.99. The zero-order valence-corrected chi connectivity index (χ0v) is 13.8. The Labute approximate surface area is 135 Å². The van der Waals surface area contributed by atoms with Crippen molar-refractivity contribution in [3.8, 4) is 0 Å². The third-order valence-electron chi connectivity index (χ3n) is 4.01. The number of benzene rings is 1. The minimum atomic E-state index is -0.770. The molecule has 1 heterocycles. The minimum Gasteiger partial charge on any atom is -0.480 e. The summed E-state index contributed by atoms with van der Waals surface area (Å²) in [6.45, 7) is 3.40. The number of ketones is 1. The Morgan fingerprint density at radius 1 is 1.27 bits per heavy atom. The van der Waals surface area contributed by atoms with Gasteiger partial charge < -0.3 is 5.11 Å². The monoisotopic (exact) mass is 321 g/mol. The number of carboxylic acid groups (broad SMARTS) is 1. The molecule has 4 nitrogen and oxygen atoms in total. The van der Waals surface area contributed by atoms with Crippen LogP contribution in [0.15, 0.2) is 29.2 Å². The second-order valence-corrected chi connectivity index (χ2v) is 6.85. The van der Waals surface area contributed by atoms with E-state index in [1.54, 1.807) is 11.8 Å². The van der Waals surface area contributed by atoms with Gasteiger partial charge in [-0.25, -0.2) is 0 Å². The van der Waals surface area contributed by atoms with E-state index in [1.165, 1.54) is 4.90 Å². The van der Waals surface area contributed by atoms with E-state index < -0.39 is 12.0 Å². The van der Waals surface area contributed by atoms with Crippen molar-refractivity contribution < 1.29 is 14.7 Å². The van der Waals surface area contributed by atoms with Gasteiger partial charge in [0.25, 0.3) is 0 Å². The molecular weight excluding hydrogens is 298 g/mol. The average Bonchev–Trinajstić information content (AvgIpc) is 2.54. The molecule has 0 spiro atoms. The van der Waals surface area contributed by atoms with Gasteiger partial charge in [-0.15, -0.1) is 11.8 Å². The number of hydrogen-bond donors (Lipinski definition) is 1. The predicted molar refractivity (Wildman–Crippen MR) is 88.6 cm³/mol. The lowest BCUT2D eigenvalue weighted by molar-refractivity contribution is -0.144. The summed E-state index contributed by atoms with van der Waals surface area (Å²) in [5.41, 5.74) is 0.712. The summed E-state index contributed by atoms with van der Waals surface area (Å²) >= 11 is 1.75. The smallest absolute Gasteiger partial charge is 0.320 e. The van der Waals surface area contributed by atoms with Crippen molar-refractivity contribution in [1.82, 2.24) is 4.90 Å². The van der Waals surface area contributed by atoms with Gasteiger partial charge in [0, 0.05) is 23.4 Å². The summed E-state index contributed by atoms with van der Waals surface area (Å²) < 4.78 is 0. The van der Waals surface area contributed by atoms with Gasteiger partial charge in [0.15, 0.2) is 5.78 Å². The number of carbonyl (C=O) groups excluding carboxylic acids is 1. The number of likely N-dealkylation sites (tertiary alicyclic amines) is 1. The molecule has 0 radical (unpaired) electrons. The third kappa shape index (κ3) is 4.58. The molecule has 0 aliphatic carbocycles. The van der Waals surface area contributed by atoms with Crippen molar-refractivity contribution in [2.45, 2.75) is 43.5 Å². The molecule has 0 amide bonds. The minimum absolute atomic E-state index is 0.0859. The molecule has 2 rings (SSSR count). The first-order valence-corrected chi connectivity index (χ1v) is 8.83. The second-order valence-electron chi connectivity index (χ2n) is 5.52. The summed E-state index contributed by atoms with van der Waals surface area (Å²) in [6.07, 6.45) is 3.04. The van der Waals surface area contributed by atoms with Crippen LogP contribution in [-0.2, 0) is 4.79 Å². The van der Waals surface area contributed by atoms with Crippen LogP contribution in [0.3, 0.4) is 0 Å². The Balaban J connectivity index is 1.89. The molecule has 1 unspecified atom stereocenters. The zero-order valence-electron chi connectivity index (χ0n) is 13.0. The van der Waals surface area contributed by atoms with Crippen molar-refractivity contribution in [1.29, 1.82) is 0 Å². The quantitative estimate of drug-likeness (QED) is 0.617. The highest BCUT2D eigenvalue weighted by Gasteiger charge is 2.28. The molecular formula is C17H23NO3S. The molecule has 0 aromatic heterocycles. The number of hydrogen-bond acceptors (Lipinski definition) is 4. The van der Waals surface area contributed by atoms with Crippen molar-refractivity contribution in [2.75, 3.05) is 18.8 Å². The van der Waals surface area contributed by atoms with Crippen LogP contribution in [0.25, 0.3) is 0 Å². The first kappa shape index (κ1) is 17.0. The van der Waals surface area contributed by atoms with E-state index in [4.69, 9.17) is 0 Å². The molecule has 1 atom stereocenters. The summed E-state index contributed by atoms with van der Waals surface area (Å²) in [5, 5.41) is 9.24. The molecule has 1 N–H and O–H groups in total. The zero-order chi connectivity index (χ0) is 15.9. The predicted octanol–water partition coefficient (Wildman–Crippen LogP) is 3.31. The molecule has 120 valence electrons. The SMILES string of the molecule is CCSc1ccc(C(=O)CCN2CCCCC2C(=O)O)cc1. The van der Waals surface area contributed by atoms with E-state index in [9.17, 15) is 14.7 Å². The number of Topliss-reactive ketones (excluding diaryl/α,β-unsaturated/α-hetero) is 1. The lowest BCUT2D eigenvalue weighted by atomic mass is 10.0. The molecule has 1 aromatic rings. The van der Waals surface area contributed by atoms with Crippen LogP contribution in [0, 0.1) is 0 Å². The molecule has 22 heavy (non-hydrogen) atoms. The number of thioether (sulfide) groups is 1. The summed E-state index contributed by atoms with van der Waals surface area (Å²) in [6, 6.07) is 7.26. The summed E-state index contributed by atoms with van der Waals surface area (Å²) in [7, 11) is 0. The Bertz CT molecular complexity index is 515. The number of piperidine rings is 1. The standard InChI is InChI=1S/C17H23NO3S/c1-2-22-14-8-6-13(7-9-14)16(19)10-12-18-11-4-3-5-15(18)17(20)21/h6-9,15H,2-5,10-12H2,1H3,(H,20,21). The molecule has 1 aliphatic heterocycles. The first-order valence-electron chi connectivity index (χ1n) is 7.84. The molecule has 1 aromatic carbocycles. The fourth-order valence-electron chi connectivity index (χ4n) is 2.83. The summed E-state index contributed by atoms with van der Waals surface area (Å²) in [5.74, 6) is 0.328. The topological polar surface area (TPSA) is 57.6 Å². The van der Waals surface area contributed by atoms with Gasteiger partial charge in [-0.2, -0.15) is 0 Å². The van der Waals surface area contributed by atoms with Gasteiger partial charge in [0.1, 0.15) is 6.04 Å². The third-order valence-corrected chi connectivity index (χ3v) is 4.91. The van der Waals surface area contributed by atoms with Crippen LogP contribution in [-0.4, -0.2) is 46.6 Å². The molecule has 1 aliphatic rings. The number of aliphatic carboxylic acids is 1. The fourth-order valence-corrected chi connectivity index (χ4v) is 3.49. The maximum atomic E-state index is 12.3. The van der Waals surface area contributed by atoms with Crippen LogP contribution >= 0.6 is 11.8 Å². The molecule has 5 heteroatoms. The number of carbonyl (C=O) groups is 2.